The van der Waals surface area contributed by atoms with E-state index >= 15 is 0 Å². The van der Waals surface area contributed by atoms with Crippen LogP contribution in [0.5, 0.6) is 0 Å². The standard InChI is InChI=1S/C25H27BO2/c1-23(2)19-12-9-13-20(26-27-24(3,4)25(5,6)28-26)21(19)18-15-14-16-10-7-8-11-17(16)22(18)23/h7-15H,1-6H3. The van der Waals surface area contributed by atoms with Gasteiger partial charge in [0.05, 0.1) is 11.2 Å². The van der Waals surface area contributed by atoms with Gasteiger partial charge in [0.2, 0.25) is 0 Å². The van der Waals surface area contributed by atoms with Gasteiger partial charge in [-0.1, -0.05) is 68.4 Å². The van der Waals surface area contributed by atoms with Crippen molar-refractivity contribution in [3.05, 3.63) is 65.7 Å². The van der Waals surface area contributed by atoms with Crippen molar-refractivity contribution < 1.29 is 9.31 Å². The summed E-state index contributed by atoms with van der Waals surface area (Å²) in [6.45, 7) is 13.1. The van der Waals surface area contributed by atoms with E-state index in [0.717, 1.165) is 5.46 Å². The van der Waals surface area contributed by atoms with E-state index in [0.29, 0.717) is 0 Å². The molecule has 2 aliphatic rings. The summed E-state index contributed by atoms with van der Waals surface area (Å²) in [5.74, 6) is 0. The maximum absolute atomic E-state index is 6.42. The molecule has 1 saturated heterocycles. The van der Waals surface area contributed by atoms with Crippen LogP contribution in [0.4, 0.5) is 0 Å². The molecule has 5 rings (SSSR count). The van der Waals surface area contributed by atoms with Crippen LogP contribution in [0, 0.1) is 0 Å². The van der Waals surface area contributed by atoms with Gasteiger partial charge in [0.15, 0.2) is 0 Å². The molecule has 1 aliphatic heterocycles. The second-order valence-corrected chi connectivity index (χ2v) is 9.69. The molecule has 0 bridgehead atoms. The Morgan fingerprint density at radius 1 is 0.714 bits per heavy atom. The van der Waals surface area contributed by atoms with E-state index < -0.39 is 0 Å². The van der Waals surface area contributed by atoms with Crippen LogP contribution in [-0.4, -0.2) is 18.3 Å². The first-order chi connectivity index (χ1) is 13.1. The van der Waals surface area contributed by atoms with Crippen molar-refractivity contribution in [2.24, 2.45) is 0 Å². The second-order valence-electron chi connectivity index (χ2n) is 9.69. The monoisotopic (exact) mass is 370 g/mol. The molecule has 1 aliphatic carbocycles. The van der Waals surface area contributed by atoms with Gasteiger partial charge in [0, 0.05) is 5.41 Å². The van der Waals surface area contributed by atoms with Crippen LogP contribution in [0.1, 0.15) is 52.7 Å². The summed E-state index contributed by atoms with van der Waals surface area (Å²) in [5, 5.41) is 2.63. The molecule has 0 amide bonds. The zero-order valence-corrected chi connectivity index (χ0v) is 17.6. The molecule has 0 unspecified atom stereocenters. The van der Waals surface area contributed by atoms with Crippen LogP contribution in [-0.2, 0) is 14.7 Å². The van der Waals surface area contributed by atoms with Crippen LogP contribution in [0.15, 0.2) is 54.6 Å². The van der Waals surface area contributed by atoms with Gasteiger partial charge in [0.25, 0.3) is 0 Å². The molecule has 0 atom stereocenters. The van der Waals surface area contributed by atoms with Crippen LogP contribution in [0.3, 0.4) is 0 Å². The minimum absolute atomic E-state index is 0.0643. The van der Waals surface area contributed by atoms with E-state index in [-0.39, 0.29) is 23.7 Å². The van der Waals surface area contributed by atoms with Crippen LogP contribution >= 0.6 is 0 Å². The topological polar surface area (TPSA) is 18.5 Å². The molecule has 0 spiro atoms. The lowest BCUT2D eigenvalue weighted by Gasteiger charge is -2.32. The van der Waals surface area contributed by atoms with Gasteiger partial charge >= 0.3 is 7.12 Å². The molecule has 1 heterocycles. The van der Waals surface area contributed by atoms with Crippen LogP contribution in [0.2, 0.25) is 0 Å². The maximum atomic E-state index is 6.42. The zero-order chi connectivity index (χ0) is 19.9. The zero-order valence-electron chi connectivity index (χ0n) is 17.6. The van der Waals surface area contributed by atoms with Crippen molar-refractivity contribution in [1.29, 1.82) is 0 Å². The Kier molecular flexibility index (Phi) is 3.52. The molecular formula is C25H27BO2. The van der Waals surface area contributed by atoms with Crippen LogP contribution < -0.4 is 5.46 Å². The molecule has 0 saturated carbocycles. The summed E-state index contributed by atoms with van der Waals surface area (Å²) < 4.78 is 12.8. The van der Waals surface area contributed by atoms with E-state index in [1.807, 2.05) is 0 Å². The van der Waals surface area contributed by atoms with Gasteiger partial charge in [-0.05, 0) is 66.2 Å². The Morgan fingerprint density at radius 3 is 2.11 bits per heavy atom. The third-order valence-corrected chi connectivity index (χ3v) is 7.10. The lowest BCUT2D eigenvalue weighted by Crippen LogP contribution is -2.41. The quantitative estimate of drug-likeness (QED) is 0.531. The fourth-order valence-electron chi connectivity index (χ4n) is 4.85. The highest BCUT2D eigenvalue weighted by Gasteiger charge is 2.53. The van der Waals surface area contributed by atoms with Crippen molar-refractivity contribution in [2.45, 2.75) is 58.2 Å². The van der Waals surface area contributed by atoms with Gasteiger partial charge < -0.3 is 9.31 Å². The first kappa shape index (κ1) is 18.0. The fraction of sp³-hybridized carbons (Fsp3) is 0.360. The maximum Gasteiger partial charge on any atom is 0.495 e. The lowest BCUT2D eigenvalue weighted by molar-refractivity contribution is 0.00578. The van der Waals surface area contributed by atoms with E-state index in [4.69, 9.17) is 9.31 Å². The van der Waals surface area contributed by atoms with Gasteiger partial charge in [-0.15, -0.1) is 0 Å². The van der Waals surface area contributed by atoms with Gasteiger partial charge in [0.1, 0.15) is 0 Å². The molecule has 3 aromatic rings. The van der Waals surface area contributed by atoms with Gasteiger partial charge in [-0.25, -0.2) is 0 Å². The Hall–Kier alpha value is -2.10. The van der Waals surface area contributed by atoms with Gasteiger partial charge in [-0.2, -0.15) is 0 Å². The molecule has 142 valence electrons. The molecule has 28 heavy (non-hydrogen) atoms. The molecule has 0 aromatic heterocycles. The van der Waals surface area contributed by atoms with Crippen LogP contribution in [0.25, 0.3) is 21.9 Å². The largest absolute Gasteiger partial charge is 0.495 e. The van der Waals surface area contributed by atoms with E-state index in [1.165, 1.54) is 33.0 Å². The molecule has 0 N–H and O–H groups in total. The summed E-state index contributed by atoms with van der Waals surface area (Å²) in [4.78, 5) is 0. The van der Waals surface area contributed by atoms with Crippen molar-refractivity contribution in [3.8, 4) is 11.1 Å². The summed E-state index contributed by atoms with van der Waals surface area (Å²) >= 11 is 0. The molecule has 1 fully saturated rings. The van der Waals surface area contributed by atoms with E-state index in [9.17, 15) is 0 Å². The van der Waals surface area contributed by atoms with Crippen molar-refractivity contribution in [1.82, 2.24) is 0 Å². The summed E-state index contributed by atoms with van der Waals surface area (Å²) in [6.07, 6.45) is 0. The number of rotatable bonds is 1. The van der Waals surface area contributed by atoms with E-state index in [1.54, 1.807) is 0 Å². The smallest absolute Gasteiger partial charge is 0.399 e. The molecule has 2 nitrogen and oxygen atoms in total. The first-order valence-corrected chi connectivity index (χ1v) is 10.2. The van der Waals surface area contributed by atoms with E-state index in [2.05, 4.69) is 96.1 Å². The summed E-state index contributed by atoms with van der Waals surface area (Å²) in [7, 11) is -0.354. The Labute approximate surface area is 168 Å². The lowest BCUT2D eigenvalue weighted by atomic mass is 9.73. The molecule has 0 radical (unpaired) electrons. The average Bonchev–Trinajstić information content (AvgIpc) is 3.01. The highest BCUT2D eigenvalue weighted by molar-refractivity contribution is 6.64. The summed E-state index contributed by atoms with van der Waals surface area (Å²) in [5.41, 5.74) is 5.73. The molecule has 3 heteroatoms. The number of hydrogen-bond acceptors (Lipinski definition) is 2. The minimum Gasteiger partial charge on any atom is -0.399 e. The third kappa shape index (κ3) is 2.24. The number of hydrogen-bond donors (Lipinski definition) is 0. The van der Waals surface area contributed by atoms with Crippen molar-refractivity contribution in [2.75, 3.05) is 0 Å². The predicted molar refractivity (Wildman–Crippen MR) is 117 cm³/mol. The van der Waals surface area contributed by atoms with Crippen molar-refractivity contribution in [3.63, 3.8) is 0 Å². The third-order valence-electron chi connectivity index (χ3n) is 7.10. The Balaban J connectivity index is 1.76. The normalized spacial score (nSPS) is 21.0. The number of benzene rings is 3. The predicted octanol–water partition coefficient (Wildman–Crippen LogP) is 5.45. The molecule has 3 aromatic carbocycles. The van der Waals surface area contributed by atoms with Crippen molar-refractivity contribution >= 4 is 23.4 Å². The SMILES string of the molecule is CC1(C)c2cccc(B3OC(C)(C)C(C)(C)O3)c2-c2ccc3ccccc3c21. The Morgan fingerprint density at radius 2 is 1.39 bits per heavy atom. The summed E-state index contributed by atoms with van der Waals surface area (Å²) in [6, 6.07) is 19.8. The minimum atomic E-state index is -0.354. The van der Waals surface area contributed by atoms with Gasteiger partial charge in [-0.3, -0.25) is 0 Å². The molecular weight excluding hydrogens is 343 g/mol. The second kappa shape index (κ2) is 5.49. The fourth-order valence-corrected chi connectivity index (χ4v) is 4.85. The first-order valence-electron chi connectivity index (χ1n) is 10.2. The highest BCUT2D eigenvalue weighted by atomic mass is 16.7. The Bertz CT molecular complexity index is 1090. The number of fused-ring (bicyclic) bond motifs is 5. The average molecular weight is 370 g/mol. The highest BCUT2D eigenvalue weighted by Crippen LogP contribution is 2.51.